The quantitative estimate of drug-likeness (QED) is 0.377. The largest absolute Gasteiger partial charge is 0.497 e. The van der Waals surface area contributed by atoms with Crippen molar-refractivity contribution in [1.29, 1.82) is 0 Å². The summed E-state index contributed by atoms with van der Waals surface area (Å²) >= 11 is 2.89. The van der Waals surface area contributed by atoms with E-state index in [4.69, 9.17) is 4.74 Å². The number of thiazole rings is 2. The average Bonchev–Trinajstić information content (AvgIpc) is 3.57. The number of hydrogen-bond acceptors (Lipinski definition) is 8. The molecule has 3 heterocycles. The number of nitrogens with one attached hydrogen (secondary N) is 1. The van der Waals surface area contributed by atoms with E-state index < -0.39 is 0 Å². The first kappa shape index (κ1) is 26.9. The monoisotopic (exact) mass is 540 g/mol. The van der Waals surface area contributed by atoms with Crippen LogP contribution >= 0.6 is 22.7 Å². The van der Waals surface area contributed by atoms with Crippen LogP contribution in [0.5, 0.6) is 5.75 Å². The van der Waals surface area contributed by atoms with Crippen molar-refractivity contribution in [1.82, 2.24) is 14.9 Å². The molecule has 0 atom stereocenters. The highest BCUT2D eigenvalue weighted by Gasteiger charge is 2.27. The molecule has 2 amide bonds. The molecule has 0 radical (unpaired) electrons. The van der Waals surface area contributed by atoms with Gasteiger partial charge in [-0.3, -0.25) is 19.7 Å². The van der Waals surface area contributed by atoms with E-state index in [9.17, 15) is 14.4 Å². The molecule has 37 heavy (non-hydrogen) atoms. The molecule has 0 aliphatic carbocycles. The minimum Gasteiger partial charge on any atom is -0.497 e. The maximum absolute atomic E-state index is 12.7. The zero-order chi connectivity index (χ0) is 26.6. The van der Waals surface area contributed by atoms with Gasteiger partial charge in [0.25, 0.3) is 5.91 Å². The minimum atomic E-state index is -0.258. The van der Waals surface area contributed by atoms with E-state index in [-0.39, 0.29) is 41.8 Å². The van der Waals surface area contributed by atoms with Crippen LogP contribution in [-0.2, 0) is 10.2 Å². The number of piperidine rings is 1. The van der Waals surface area contributed by atoms with Gasteiger partial charge in [0, 0.05) is 53.6 Å². The first-order chi connectivity index (χ1) is 17.6. The van der Waals surface area contributed by atoms with Crippen molar-refractivity contribution >= 4 is 45.4 Å². The van der Waals surface area contributed by atoms with Crippen molar-refractivity contribution in [2.75, 3.05) is 25.5 Å². The molecule has 10 heteroatoms. The van der Waals surface area contributed by atoms with Gasteiger partial charge in [0.05, 0.1) is 17.8 Å². The lowest BCUT2D eigenvalue weighted by molar-refractivity contribution is -0.132. The predicted molar refractivity (Wildman–Crippen MR) is 146 cm³/mol. The molecule has 8 nitrogen and oxygen atoms in total. The molecule has 1 aliphatic heterocycles. The second kappa shape index (κ2) is 11.5. The summed E-state index contributed by atoms with van der Waals surface area (Å²) in [6.07, 6.45) is 1.96. The van der Waals surface area contributed by atoms with Gasteiger partial charge in [-0.05, 0) is 37.1 Å². The molecule has 1 aliphatic rings. The fraction of sp³-hybridized carbons (Fsp3) is 0.444. The molecule has 2 aromatic heterocycles. The molecule has 0 saturated carbocycles. The topological polar surface area (TPSA) is 101 Å². The number of benzene rings is 1. The lowest BCUT2D eigenvalue weighted by Crippen LogP contribution is -2.38. The van der Waals surface area contributed by atoms with Crippen LogP contribution in [0.25, 0.3) is 0 Å². The standard InChI is InChI=1S/C27H32N4O4S2/c1-27(2,3)22-16-37-26(29-22)30-24(34)20-15-36-25(28-20)18-11-13-31(14-12-18)23(33)10-9-21(32)17-5-7-19(35-4)8-6-17/h5-8,15-16,18H,9-14H2,1-4H3,(H,29,30,34). The van der Waals surface area contributed by atoms with Crippen molar-refractivity contribution in [3.05, 3.63) is 57.0 Å². The first-order valence-electron chi connectivity index (χ1n) is 12.3. The number of likely N-dealkylation sites (tertiary alicyclic amines) is 1. The summed E-state index contributed by atoms with van der Waals surface area (Å²) in [5, 5.41) is 8.09. The average molecular weight is 541 g/mol. The van der Waals surface area contributed by atoms with Gasteiger partial charge in [-0.2, -0.15) is 0 Å². The summed E-state index contributed by atoms with van der Waals surface area (Å²) in [6, 6.07) is 6.93. The van der Waals surface area contributed by atoms with Gasteiger partial charge in [0.2, 0.25) is 5.91 Å². The summed E-state index contributed by atoms with van der Waals surface area (Å²) in [6.45, 7) is 7.50. The Morgan fingerprint density at radius 3 is 2.35 bits per heavy atom. The number of rotatable bonds is 8. The molecule has 0 spiro atoms. The van der Waals surface area contributed by atoms with Crippen LogP contribution in [0.3, 0.4) is 0 Å². The van der Waals surface area contributed by atoms with Crippen LogP contribution in [0.2, 0.25) is 0 Å². The molecule has 1 N–H and O–H groups in total. The number of carbonyl (C=O) groups excluding carboxylic acids is 3. The van der Waals surface area contributed by atoms with Gasteiger partial charge < -0.3 is 9.64 Å². The molecule has 4 rings (SSSR count). The number of hydrogen-bond donors (Lipinski definition) is 1. The summed E-state index contributed by atoms with van der Waals surface area (Å²) in [5.41, 5.74) is 1.84. The number of methoxy groups -OCH3 is 1. The molecule has 0 bridgehead atoms. The van der Waals surface area contributed by atoms with Crippen LogP contribution in [0.15, 0.2) is 35.0 Å². The maximum atomic E-state index is 12.7. The van der Waals surface area contributed by atoms with Crippen molar-refractivity contribution < 1.29 is 19.1 Å². The molecule has 1 fully saturated rings. The fourth-order valence-corrected chi connectivity index (χ4v) is 6.00. The molecule has 3 aromatic rings. The number of Topliss-reactive ketones (excluding diaryl/α,β-unsaturated/α-hetero) is 1. The molecule has 1 saturated heterocycles. The van der Waals surface area contributed by atoms with Crippen LogP contribution in [0, 0.1) is 0 Å². The normalized spacial score (nSPS) is 14.4. The Morgan fingerprint density at radius 2 is 1.73 bits per heavy atom. The highest BCUT2D eigenvalue weighted by Crippen LogP contribution is 2.31. The lowest BCUT2D eigenvalue weighted by Gasteiger charge is -2.31. The number of amides is 2. The van der Waals surface area contributed by atoms with E-state index in [1.54, 1.807) is 36.8 Å². The molecule has 196 valence electrons. The van der Waals surface area contributed by atoms with Crippen molar-refractivity contribution in [2.45, 2.75) is 57.8 Å². The zero-order valence-electron chi connectivity index (χ0n) is 21.6. The van der Waals surface area contributed by atoms with Gasteiger partial charge in [0.15, 0.2) is 10.9 Å². The van der Waals surface area contributed by atoms with E-state index in [0.29, 0.717) is 35.2 Å². The summed E-state index contributed by atoms with van der Waals surface area (Å²) in [4.78, 5) is 48.7. The molecule has 0 unspecified atom stereocenters. The third-order valence-corrected chi connectivity index (χ3v) is 8.19. The highest BCUT2D eigenvalue weighted by molar-refractivity contribution is 7.14. The Kier molecular flexibility index (Phi) is 8.39. The number of anilines is 1. The Balaban J connectivity index is 1.24. The Labute approximate surface area is 225 Å². The van der Waals surface area contributed by atoms with Crippen LogP contribution < -0.4 is 10.1 Å². The van der Waals surface area contributed by atoms with Gasteiger partial charge in [-0.15, -0.1) is 22.7 Å². The van der Waals surface area contributed by atoms with Crippen molar-refractivity contribution in [3.8, 4) is 5.75 Å². The molecular weight excluding hydrogens is 508 g/mol. The summed E-state index contributed by atoms with van der Waals surface area (Å²) in [5.74, 6) is 0.595. The van der Waals surface area contributed by atoms with E-state index in [1.807, 2.05) is 10.3 Å². The Bertz CT molecular complexity index is 1250. The van der Waals surface area contributed by atoms with Crippen LogP contribution in [0.4, 0.5) is 5.13 Å². The SMILES string of the molecule is COc1ccc(C(=O)CCC(=O)N2CCC(c3nc(C(=O)Nc4nc(C(C)(C)C)cs4)cs3)CC2)cc1. The Morgan fingerprint density at radius 1 is 1.03 bits per heavy atom. The Hall–Kier alpha value is -3.11. The van der Waals surface area contributed by atoms with E-state index >= 15 is 0 Å². The highest BCUT2D eigenvalue weighted by atomic mass is 32.1. The van der Waals surface area contributed by atoms with Gasteiger partial charge in [0.1, 0.15) is 11.4 Å². The van der Waals surface area contributed by atoms with E-state index in [2.05, 4.69) is 36.1 Å². The van der Waals surface area contributed by atoms with Crippen LogP contribution in [0.1, 0.15) is 83.9 Å². The number of ether oxygens (including phenoxy) is 1. The van der Waals surface area contributed by atoms with Crippen molar-refractivity contribution in [2.24, 2.45) is 0 Å². The van der Waals surface area contributed by atoms with Gasteiger partial charge in [-0.1, -0.05) is 20.8 Å². The number of nitrogens with zero attached hydrogens (tertiary/aromatic N) is 3. The number of aromatic nitrogens is 2. The number of carbonyl (C=O) groups is 3. The molecule has 1 aromatic carbocycles. The fourth-order valence-electron chi connectivity index (χ4n) is 4.09. The maximum Gasteiger partial charge on any atom is 0.276 e. The summed E-state index contributed by atoms with van der Waals surface area (Å²) < 4.78 is 5.12. The zero-order valence-corrected chi connectivity index (χ0v) is 23.2. The van der Waals surface area contributed by atoms with Crippen LogP contribution in [-0.4, -0.2) is 52.7 Å². The molecular formula is C27H32N4O4S2. The third kappa shape index (κ3) is 6.81. The van der Waals surface area contributed by atoms with E-state index in [1.165, 1.54) is 22.7 Å². The lowest BCUT2D eigenvalue weighted by atomic mass is 9.93. The summed E-state index contributed by atoms with van der Waals surface area (Å²) in [7, 11) is 1.58. The second-order valence-corrected chi connectivity index (χ2v) is 11.9. The second-order valence-electron chi connectivity index (χ2n) is 10.1. The third-order valence-electron chi connectivity index (χ3n) is 6.42. The first-order valence-corrected chi connectivity index (χ1v) is 14.1. The minimum absolute atomic E-state index is 0.00223. The van der Waals surface area contributed by atoms with Gasteiger partial charge in [-0.25, -0.2) is 9.97 Å². The smallest absolute Gasteiger partial charge is 0.276 e. The number of ketones is 1. The van der Waals surface area contributed by atoms with E-state index in [0.717, 1.165) is 23.5 Å². The van der Waals surface area contributed by atoms with Crippen molar-refractivity contribution in [3.63, 3.8) is 0 Å². The predicted octanol–water partition coefficient (Wildman–Crippen LogP) is 5.53. The van der Waals surface area contributed by atoms with Gasteiger partial charge >= 0.3 is 0 Å².